The number of hydrogen-bond donors (Lipinski definition) is 2. The monoisotopic (exact) mass is 397 g/mol. The summed E-state index contributed by atoms with van der Waals surface area (Å²) in [5, 5.41) is 21.0. The van der Waals surface area contributed by atoms with E-state index in [1.54, 1.807) is 40.4 Å². The molecule has 0 aliphatic heterocycles. The van der Waals surface area contributed by atoms with E-state index >= 15 is 0 Å². The number of carbonyl (C=O) groups is 1. The van der Waals surface area contributed by atoms with Crippen LogP contribution in [0.5, 0.6) is 0 Å². The number of anilines is 2. The number of fused-ring (bicyclic) bond motifs is 1. The molecule has 0 aliphatic carbocycles. The third-order valence-corrected chi connectivity index (χ3v) is 4.66. The summed E-state index contributed by atoms with van der Waals surface area (Å²) in [6.45, 7) is 0.506. The molecule has 0 saturated heterocycles. The molecule has 4 aromatic rings. The number of amides is 1. The normalized spacial score (nSPS) is 10.9. The van der Waals surface area contributed by atoms with Crippen LogP contribution < -0.4 is 10.6 Å². The number of halogens is 1. The van der Waals surface area contributed by atoms with Gasteiger partial charge in [0.2, 0.25) is 5.91 Å². The maximum atomic E-state index is 13.0. The SMILES string of the molecule is O=C(CCc1nnc2ccc(NCc3ccc(F)cc3)nn12)Nc1nccs1. The Morgan fingerprint density at radius 2 is 2.00 bits per heavy atom. The fourth-order valence-electron chi connectivity index (χ4n) is 2.57. The van der Waals surface area contributed by atoms with E-state index in [1.165, 1.54) is 23.5 Å². The largest absolute Gasteiger partial charge is 0.365 e. The van der Waals surface area contributed by atoms with Crippen molar-refractivity contribution in [1.82, 2.24) is 24.8 Å². The molecule has 0 radical (unpaired) electrons. The minimum Gasteiger partial charge on any atom is -0.365 e. The average Bonchev–Trinajstić information content (AvgIpc) is 3.35. The Labute approximate surface area is 163 Å². The molecule has 0 fully saturated rings. The Kier molecular flexibility index (Phi) is 5.20. The summed E-state index contributed by atoms with van der Waals surface area (Å²) in [7, 11) is 0. The summed E-state index contributed by atoms with van der Waals surface area (Å²) in [5.74, 6) is 0.813. The van der Waals surface area contributed by atoms with Gasteiger partial charge in [0.1, 0.15) is 11.6 Å². The molecule has 0 spiro atoms. The van der Waals surface area contributed by atoms with Crippen LogP contribution in [0, 0.1) is 5.82 Å². The number of rotatable bonds is 7. The second kappa shape index (κ2) is 8.09. The molecule has 2 N–H and O–H groups in total. The predicted octanol–water partition coefficient (Wildman–Crippen LogP) is 2.90. The van der Waals surface area contributed by atoms with Crippen LogP contribution in [-0.4, -0.2) is 30.7 Å². The van der Waals surface area contributed by atoms with Crippen molar-refractivity contribution in [3.05, 3.63) is 65.2 Å². The Morgan fingerprint density at radius 3 is 2.79 bits per heavy atom. The Balaban J connectivity index is 1.40. The molecule has 0 saturated carbocycles. The molecule has 0 atom stereocenters. The number of nitrogens with one attached hydrogen (secondary N) is 2. The first-order valence-electron chi connectivity index (χ1n) is 8.56. The Bertz CT molecular complexity index is 1080. The zero-order valence-corrected chi connectivity index (χ0v) is 15.5. The van der Waals surface area contributed by atoms with Gasteiger partial charge in [-0.1, -0.05) is 12.1 Å². The molecular formula is C18H16FN7OS. The fraction of sp³-hybridized carbons (Fsp3) is 0.167. The van der Waals surface area contributed by atoms with E-state index in [0.29, 0.717) is 35.4 Å². The van der Waals surface area contributed by atoms with Crippen LogP contribution >= 0.6 is 11.3 Å². The van der Waals surface area contributed by atoms with Crippen LogP contribution in [0.4, 0.5) is 15.3 Å². The van der Waals surface area contributed by atoms with E-state index in [-0.39, 0.29) is 18.1 Å². The quantitative estimate of drug-likeness (QED) is 0.498. The van der Waals surface area contributed by atoms with Gasteiger partial charge < -0.3 is 10.6 Å². The summed E-state index contributed by atoms with van der Waals surface area (Å²) in [5.41, 5.74) is 1.54. The van der Waals surface area contributed by atoms with Crippen molar-refractivity contribution in [3.63, 3.8) is 0 Å². The van der Waals surface area contributed by atoms with Gasteiger partial charge in [-0.2, -0.15) is 4.52 Å². The number of nitrogens with zero attached hydrogens (tertiary/aromatic N) is 5. The number of aromatic nitrogens is 5. The minimum atomic E-state index is -0.267. The van der Waals surface area contributed by atoms with Crippen molar-refractivity contribution < 1.29 is 9.18 Å². The van der Waals surface area contributed by atoms with Gasteiger partial charge >= 0.3 is 0 Å². The molecule has 1 amide bonds. The van der Waals surface area contributed by atoms with Crippen LogP contribution in [0.2, 0.25) is 0 Å². The van der Waals surface area contributed by atoms with Gasteiger partial charge in [0, 0.05) is 31.0 Å². The fourth-order valence-corrected chi connectivity index (χ4v) is 3.12. The van der Waals surface area contributed by atoms with Crippen LogP contribution in [0.15, 0.2) is 48.0 Å². The van der Waals surface area contributed by atoms with Gasteiger partial charge in [0.05, 0.1) is 0 Å². The van der Waals surface area contributed by atoms with Gasteiger partial charge in [0.25, 0.3) is 0 Å². The minimum absolute atomic E-state index is 0.141. The lowest BCUT2D eigenvalue weighted by Gasteiger charge is -2.06. The van der Waals surface area contributed by atoms with Crippen LogP contribution in [0.3, 0.4) is 0 Å². The number of benzene rings is 1. The molecular weight excluding hydrogens is 381 g/mol. The van der Waals surface area contributed by atoms with Crippen molar-refractivity contribution in [2.45, 2.75) is 19.4 Å². The van der Waals surface area contributed by atoms with Crippen molar-refractivity contribution >= 4 is 33.8 Å². The van der Waals surface area contributed by atoms with Crippen molar-refractivity contribution in [2.24, 2.45) is 0 Å². The van der Waals surface area contributed by atoms with E-state index in [9.17, 15) is 9.18 Å². The lowest BCUT2D eigenvalue weighted by molar-refractivity contribution is -0.116. The highest BCUT2D eigenvalue weighted by Gasteiger charge is 2.11. The van der Waals surface area contributed by atoms with E-state index in [4.69, 9.17) is 0 Å². The van der Waals surface area contributed by atoms with E-state index < -0.39 is 0 Å². The smallest absolute Gasteiger partial charge is 0.226 e. The van der Waals surface area contributed by atoms with E-state index in [1.807, 2.05) is 0 Å². The zero-order valence-electron chi connectivity index (χ0n) is 14.7. The highest BCUT2D eigenvalue weighted by molar-refractivity contribution is 7.13. The highest BCUT2D eigenvalue weighted by atomic mass is 32.1. The first kappa shape index (κ1) is 18.0. The summed E-state index contributed by atoms with van der Waals surface area (Å²) in [4.78, 5) is 16.1. The molecule has 1 aromatic carbocycles. The maximum Gasteiger partial charge on any atom is 0.226 e. The maximum absolute atomic E-state index is 13.0. The summed E-state index contributed by atoms with van der Waals surface area (Å²) in [6, 6.07) is 9.86. The second-order valence-electron chi connectivity index (χ2n) is 5.97. The Morgan fingerprint density at radius 1 is 1.14 bits per heavy atom. The number of aryl methyl sites for hydroxylation is 1. The zero-order chi connectivity index (χ0) is 19.3. The first-order chi connectivity index (χ1) is 13.7. The highest BCUT2D eigenvalue weighted by Crippen LogP contribution is 2.13. The van der Waals surface area contributed by atoms with Crippen LogP contribution in [-0.2, 0) is 17.8 Å². The molecule has 0 aliphatic rings. The van der Waals surface area contributed by atoms with Gasteiger partial charge in [-0.3, -0.25) is 4.79 Å². The first-order valence-corrected chi connectivity index (χ1v) is 9.44. The molecule has 0 bridgehead atoms. The second-order valence-corrected chi connectivity index (χ2v) is 6.86. The summed E-state index contributed by atoms with van der Waals surface area (Å²) in [6.07, 6.45) is 2.28. The third-order valence-electron chi connectivity index (χ3n) is 3.97. The standard InChI is InChI=1S/C18H16FN7OS/c19-13-3-1-12(2-4-13)11-21-14-5-6-15-23-24-16(26(15)25-14)7-8-17(27)22-18-20-9-10-28-18/h1-6,9-10H,7-8,11H2,(H,21,25)(H,20,22,27). The Hall–Kier alpha value is -3.40. The lowest BCUT2D eigenvalue weighted by Crippen LogP contribution is -2.13. The summed E-state index contributed by atoms with van der Waals surface area (Å²) < 4.78 is 14.6. The molecule has 4 rings (SSSR count). The molecule has 3 aromatic heterocycles. The summed E-state index contributed by atoms with van der Waals surface area (Å²) >= 11 is 1.37. The van der Waals surface area contributed by atoms with Crippen molar-refractivity contribution in [2.75, 3.05) is 10.6 Å². The van der Waals surface area contributed by atoms with Gasteiger partial charge in [-0.25, -0.2) is 9.37 Å². The molecule has 28 heavy (non-hydrogen) atoms. The molecule has 8 nitrogen and oxygen atoms in total. The lowest BCUT2D eigenvalue weighted by atomic mass is 10.2. The number of carbonyl (C=O) groups excluding carboxylic acids is 1. The topological polar surface area (TPSA) is 97.1 Å². The van der Waals surface area contributed by atoms with Crippen LogP contribution in [0.25, 0.3) is 5.65 Å². The predicted molar refractivity (Wildman–Crippen MR) is 104 cm³/mol. The average molecular weight is 397 g/mol. The number of hydrogen-bond acceptors (Lipinski definition) is 7. The van der Waals surface area contributed by atoms with E-state index in [0.717, 1.165) is 5.56 Å². The van der Waals surface area contributed by atoms with Crippen molar-refractivity contribution in [1.29, 1.82) is 0 Å². The van der Waals surface area contributed by atoms with Gasteiger partial charge in [-0.15, -0.1) is 26.6 Å². The van der Waals surface area contributed by atoms with Crippen LogP contribution in [0.1, 0.15) is 17.8 Å². The van der Waals surface area contributed by atoms with Crippen molar-refractivity contribution in [3.8, 4) is 0 Å². The molecule has 0 unspecified atom stereocenters. The van der Waals surface area contributed by atoms with E-state index in [2.05, 4.69) is 30.9 Å². The third kappa shape index (κ3) is 4.29. The molecule has 3 heterocycles. The van der Waals surface area contributed by atoms with Gasteiger partial charge in [-0.05, 0) is 29.8 Å². The number of thiazole rings is 1. The van der Waals surface area contributed by atoms with Gasteiger partial charge in [0.15, 0.2) is 16.6 Å². The molecule has 10 heteroatoms. The molecule has 142 valence electrons.